The quantitative estimate of drug-likeness (QED) is 0.590. The van der Waals surface area contributed by atoms with E-state index < -0.39 is 0 Å². The van der Waals surface area contributed by atoms with Crippen LogP contribution in [0.25, 0.3) is 0 Å². The number of rotatable bonds is 2. The molecule has 0 saturated heterocycles. The van der Waals surface area contributed by atoms with Gasteiger partial charge in [-0.3, -0.25) is 5.41 Å². The second-order valence-corrected chi connectivity index (χ2v) is 2.95. The fourth-order valence-electron chi connectivity index (χ4n) is 1.38. The fraction of sp³-hybridized carbons (Fsp3) is 0.300. The number of fused-ring (bicyclic) bond motifs is 1. The molecule has 1 aliphatic rings. The van der Waals surface area contributed by atoms with Gasteiger partial charge in [-0.25, -0.2) is 0 Å². The average Bonchev–Trinajstić information content (AvgIpc) is 2.74. The number of hydrogen-bond donors (Lipinski definition) is 1. The fourth-order valence-corrected chi connectivity index (χ4v) is 1.38. The van der Waals surface area contributed by atoms with Gasteiger partial charge in [-0.2, -0.15) is 0 Å². The van der Waals surface area contributed by atoms with Crippen molar-refractivity contribution in [3.8, 4) is 17.2 Å². The Balaban J connectivity index is 2.48. The number of hydrogen-bond acceptors (Lipinski definition) is 5. The van der Waals surface area contributed by atoms with Crippen molar-refractivity contribution in [2.24, 2.45) is 0 Å². The minimum Gasteiger partial charge on any atom is -0.493 e. The molecular formula is C10H11NO4. The van der Waals surface area contributed by atoms with Crippen LogP contribution in [0.5, 0.6) is 17.2 Å². The molecule has 0 bridgehead atoms. The monoisotopic (exact) mass is 209 g/mol. The Bertz CT molecular complexity index is 403. The zero-order valence-electron chi connectivity index (χ0n) is 8.49. The number of ether oxygens (including phenoxy) is 4. The summed E-state index contributed by atoms with van der Waals surface area (Å²) in [5.41, 5.74) is 0.596. The van der Waals surface area contributed by atoms with Crippen LogP contribution in [0.4, 0.5) is 0 Å². The Morgan fingerprint density at radius 2 is 2.13 bits per heavy atom. The summed E-state index contributed by atoms with van der Waals surface area (Å²) >= 11 is 0. The Morgan fingerprint density at radius 3 is 2.80 bits per heavy atom. The summed E-state index contributed by atoms with van der Waals surface area (Å²) in [6.45, 7) is 0.176. The third kappa shape index (κ3) is 1.56. The first-order valence-corrected chi connectivity index (χ1v) is 4.37. The van der Waals surface area contributed by atoms with Crippen LogP contribution in [-0.2, 0) is 4.74 Å². The minimum absolute atomic E-state index is 0.0617. The summed E-state index contributed by atoms with van der Waals surface area (Å²) in [5, 5.41) is 7.54. The molecule has 0 spiro atoms. The second kappa shape index (κ2) is 3.68. The first kappa shape index (κ1) is 9.64. The molecular weight excluding hydrogens is 198 g/mol. The number of benzene rings is 1. The van der Waals surface area contributed by atoms with Crippen LogP contribution >= 0.6 is 0 Å². The molecule has 0 atom stereocenters. The van der Waals surface area contributed by atoms with E-state index in [0.717, 1.165) is 0 Å². The topological polar surface area (TPSA) is 60.8 Å². The van der Waals surface area contributed by atoms with Gasteiger partial charge in [-0.15, -0.1) is 0 Å². The van der Waals surface area contributed by atoms with E-state index in [2.05, 4.69) is 0 Å². The minimum atomic E-state index is 0.0617. The average molecular weight is 209 g/mol. The summed E-state index contributed by atoms with van der Waals surface area (Å²) in [7, 11) is 2.98. The SMILES string of the molecule is COC(=N)c1cc(OC)c2c(c1)OCO2. The summed E-state index contributed by atoms with van der Waals surface area (Å²) in [5.74, 6) is 1.75. The summed E-state index contributed by atoms with van der Waals surface area (Å²) in [6.07, 6.45) is 0. The van der Waals surface area contributed by atoms with Gasteiger partial charge >= 0.3 is 0 Å². The Kier molecular flexibility index (Phi) is 2.37. The highest BCUT2D eigenvalue weighted by Gasteiger charge is 2.21. The van der Waals surface area contributed by atoms with Crippen LogP contribution in [-0.4, -0.2) is 26.9 Å². The molecule has 15 heavy (non-hydrogen) atoms. The first-order chi connectivity index (χ1) is 7.26. The van der Waals surface area contributed by atoms with Crippen LogP contribution in [0, 0.1) is 5.41 Å². The predicted molar refractivity (Wildman–Crippen MR) is 53.0 cm³/mol. The maximum atomic E-state index is 7.54. The molecule has 1 aliphatic heterocycles. The van der Waals surface area contributed by atoms with E-state index in [1.165, 1.54) is 14.2 Å². The van der Waals surface area contributed by atoms with Crippen molar-refractivity contribution in [3.05, 3.63) is 17.7 Å². The Hall–Kier alpha value is -1.91. The van der Waals surface area contributed by atoms with Gasteiger partial charge in [0.05, 0.1) is 14.2 Å². The van der Waals surface area contributed by atoms with Gasteiger partial charge in [0.2, 0.25) is 18.4 Å². The third-order valence-electron chi connectivity index (χ3n) is 2.12. The highest BCUT2D eigenvalue weighted by atomic mass is 16.7. The molecule has 0 aliphatic carbocycles. The number of nitrogens with one attached hydrogen (secondary N) is 1. The molecule has 5 heteroatoms. The molecule has 0 radical (unpaired) electrons. The smallest absolute Gasteiger partial charge is 0.231 e. The molecule has 0 aromatic heterocycles. The van der Waals surface area contributed by atoms with Gasteiger partial charge in [-0.05, 0) is 12.1 Å². The van der Waals surface area contributed by atoms with Gasteiger partial charge in [0.1, 0.15) is 0 Å². The van der Waals surface area contributed by atoms with Crippen LogP contribution in [0.2, 0.25) is 0 Å². The Labute approximate surface area is 87.0 Å². The van der Waals surface area contributed by atoms with Crippen LogP contribution in [0.15, 0.2) is 12.1 Å². The van der Waals surface area contributed by atoms with E-state index in [4.69, 9.17) is 24.4 Å². The number of methoxy groups -OCH3 is 2. The van der Waals surface area contributed by atoms with Gasteiger partial charge in [-0.1, -0.05) is 0 Å². The first-order valence-electron chi connectivity index (χ1n) is 4.37. The van der Waals surface area contributed by atoms with Crippen molar-refractivity contribution in [2.75, 3.05) is 21.0 Å². The lowest BCUT2D eigenvalue weighted by Crippen LogP contribution is -2.01. The van der Waals surface area contributed by atoms with Crippen molar-refractivity contribution in [1.82, 2.24) is 0 Å². The molecule has 1 aromatic rings. The second-order valence-electron chi connectivity index (χ2n) is 2.95. The van der Waals surface area contributed by atoms with Crippen molar-refractivity contribution < 1.29 is 18.9 Å². The Morgan fingerprint density at radius 1 is 1.33 bits per heavy atom. The van der Waals surface area contributed by atoms with Gasteiger partial charge < -0.3 is 18.9 Å². The van der Waals surface area contributed by atoms with E-state index in [1.807, 2.05) is 0 Å². The maximum absolute atomic E-state index is 7.54. The lowest BCUT2D eigenvalue weighted by molar-refractivity contribution is 0.171. The van der Waals surface area contributed by atoms with Crippen LogP contribution in [0.1, 0.15) is 5.56 Å². The summed E-state index contributed by atoms with van der Waals surface area (Å²) < 4.78 is 20.4. The van der Waals surface area contributed by atoms with Crippen LogP contribution in [0.3, 0.4) is 0 Å². The predicted octanol–water partition coefficient (Wildman–Crippen LogP) is 1.40. The standard InChI is InChI=1S/C10H11NO4/c1-12-7-3-6(10(11)13-2)4-8-9(7)15-5-14-8/h3-4,11H,5H2,1-2H3. The van der Waals surface area contributed by atoms with E-state index in [9.17, 15) is 0 Å². The summed E-state index contributed by atoms with van der Waals surface area (Å²) in [6, 6.07) is 3.37. The third-order valence-corrected chi connectivity index (χ3v) is 2.12. The van der Waals surface area contributed by atoms with Gasteiger partial charge in [0.25, 0.3) is 0 Å². The van der Waals surface area contributed by atoms with Crippen LogP contribution < -0.4 is 14.2 Å². The van der Waals surface area contributed by atoms with Crippen molar-refractivity contribution >= 4 is 5.90 Å². The lowest BCUT2D eigenvalue weighted by Gasteiger charge is -2.08. The van der Waals surface area contributed by atoms with Gasteiger partial charge in [0.15, 0.2) is 11.5 Å². The zero-order valence-corrected chi connectivity index (χ0v) is 8.49. The maximum Gasteiger partial charge on any atom is 0.231 e. The molecule has 0 unspecified atom stereocenters. The normalized spacial score (nSPS) is 12.4. The lowest BCUT2D eigenvalue weighted by atomic mass is 10.2. The zero-order chi connectivity index (χ0) is 10.8. The molecule has 1 aromatic carbocycles. The van der Waals surface area contributed by atoms with E-state index >= 15 is 0 Å². The molecule has 0 fully saturated rings. The van der Waals surface area contributed by atoms with E-state index in [-0.39, 0.29) is 12.7 Å². The van der Waals surface area contributed by atoms with E-state index in [0.29, 0.717) is 22.8 Å². The highest BCUT2D eigenvalue weighted by molar-refractivity contribution is 5.93. The van der Waals surface area contributed by atoms with E-state index in [1.54, 1.807) is 12.1 Å². The molecule has 1 N–H and O–H groups in total. The summed E-state index contributed by atoms with van der Waals surface area (Å²) in [4.78, 5) is 0. The van der Waals surface area contributed by atoms with Gasteiger partial charge in [0, 0.05) is 5.56 Å². The van der Waals surface area contributed by atoms with Crippen molar-refractivity contribution in [3.63, 3.8) is 0 Å². The molecule has 0 amide bonds. The molecule has 0 saturated carbocycles. The molecule has 80 valence electrons. The largest absolute Gasteiger partial charge is 0.493 e. The van der Waals surface area contributed by atoms with Crippen molar-refractivity contribution in [2.45, 2.75) is 0 Å². The highest BCUT2D eigenvalue weighted by Crippen LogP contribution is 2.41. The molecule has 2 rings (SSSR count). The molecule has 5 nitrogen and oxygen atoms in total. The van der Waals surface area contributed by atoms with Crippen molar-refractivity contribution in [1.29, 1.82) is 5.41 Å². The molecule has 1 heterocycles.